The monoisotopic (exact) mass is 381 g/mol. The van der Waals surface area contributed by atoms with Crippen molar-refractivity contribution in [2.24, 2.45) is 0 Å². The van der Waals surface area contributed by atoms with Gasteiger partial charge in [0.1, 0.15) is 5.76 Å². The van der Waals surface area contributed by atoms with Gasteiger partial charge in [0.25, 0.3) is 11.3 Å². The summed E-state index contributed by atoms with van der Waals surface area (Å²) < 4.78 is 6.78. The lowest BCUT2D eigenvalue weighted by molar-refractivity contribution is 0.294. The number of rotatable bonds is 5. The number of ether oxygens (including phenoxy) is 1. The number of methoxy groups -OCH3 is 1. The Morgan fingerprint density at radius 3 is 3.07 bits per heavy atom. The molecule has 0 radical (unpaired) electrons. The van der Waals surface area contributed by atoms with Crippen LogP contribution in [-0.4, -0.2) is 32.4 Å². The Kier molecular flexibility index (Phi) is 4.97. The molecule has 0 saturated carbocycles. The fraction of sp³-hybridized carbons (Fsp3) is 0.211. The summed E-state index contributed by atoms with van der Waals surface area (Å²) in [5.41, 5.74) is 2.33. The Hall–Kier alpha value is -3.00. The number of nitrogens with one attached hydrogen (secondary N) is 2. The summed E-state index contributed by atoms with van der Waals surface area (Å²) in [6.45, 7) is 0.398. The lowest BCUT2D eigenvalue weighted by Gasteiger charge is -2.12. The Labute approximate surface area is 160 Å². The van der Waals surface area contributed by atoms with Gasteiger partial charge in [-0.3, -0.25) is 9.89 Å². The highest BCUT2D eigenvalue weighted by molar-refractivity contribution is 8.02. The summed E-state index contributed by atoms with van der Waals surface area (Å²) in [5, 5.41) is 8.35. The van der Waals surface area contributed by atoms with Gasteiger partial charge >= 0.3 is 0 Å². The number of H-pyrrole nitrogens is 1. The Bertz CT molecular complexity index is 1070. The van der Waals surface area contributed by atoms with E-state index < -0.39 is 0 Å². The highest BCUT2D eigenvalue weighted by Crippen LogP contribution is 2.22. The number of thioether (sulfide) groups is 1. The zero-order chi connectivity index (χ0) is 18.6. The van der Waals surface area contributed by atoms with Crippen LogP contribution in [0.2, 0.25) is 0 Å². The van der Waals surface area contributed by atoms with E-state index in [1.807, 2.05) is 41.9 Å². The second kappa shape index (κ2) is 7.71. The molecule has 2 aliphatic rings. The predicted octanol–water partition coefficient (Wildman–Crippen LogP) is 2.53. The first-order chi connectivity index (χ1) is 13.2. The molecule has 0 saturated heterocycles. The number of nitrogens with zero attached hydrogens (tertiary/aromatic N) is 3. The van der Waals surface area contributed by atoms with E-state index in [1.54, 1.807) is 18.9 Å². The molecule has 8 heteroatoms. The third kappa shape index (κ3) is 3.75. The molecule has 1 aliphatic heterocycles. The van der Waals surface area contributed by atoms with Crippen LogP contribution in [-0.2, 0) is 11.3 Å². The molecule has 138 valence electrons. The van der Waals surface area contributed by atoms with Gasteiger partial charge in [-0.05, 0) is 24.0 Å². The van der Waals surface area contributed by atoms with Crippen molar-refractivity contribution in [1.29, 1.82) is 0 Å². The molecule has 0 atom stereocenters. The van der Waals surface area contributed by atoms with Crippen LogP contribution in [0, 0.1) is 0 Å². The van der Waals surface area contributed by atoms with Gasteiger partial charge in [0, 0.05) is 17.4 Å². The van der Waals surface area contributed by atoms with Crippen molar-refractivity contribution in [3.05, 3.63) is 81.3 Å². The summed E-state index contributed by atoms with van der Waals surface area (Å²) >= 11 is 1.69. The van der Waals surface area contributed by atoms with E-state index in [9.17, 15) is 4.79 Å². The molecule has 2 aromatic heterocycles. The van der Waals surface area contributed by atoms with E-state index in [4.69, 9.17) is 4.74 Å². The number of fused-ring (bicyclic) bond motifs is 1. The highest BCUT2D eigenvalue weighted by atomic mass is 32.2. The molecule has 0 bridgehead atoms. The van der Waals surface area contributed by atoms with Crippen molar-refractivity contribution < 1.29 is 4.74 Å². The molecule has 4 rings (SSSR count). The molecule has 0 unspecified atom stereocenters. The number of allylic oxidation sites excluding steroid dienone is 6. The standard InChI is InChI=1S/C19H19N5O2S/c1-26-16-8-4-2-3-7-15(16)20-11-14-10-17(25)24-19(21-14)22-18(23-24)13-6-5-9-27-12-13/h2-3,5-10,20H,4,11-12H2,1H3,(H,21,22,23). The molecule has 0 amide bonds. The van der Waals surface area contributed by atoms with Gasteiger partial charge in [-0.2, -0.15) is 9.50 Å². The second-order valence-corrected chi connectivity index (χ2v) is 6.89. The molecule has 0 aromatic carbocycles. The Morgan fingerprint density at radius 1 is 1.33 bits per heavy atom. The number of aromatic nitrogens is 4. The topological polar surface area (TPSA) is 84.3 Å². The van der Waals surface area contributed by atoms with Crippen molar-refractivity contribution in [2.75, 3.05) is 12.9 Å². The van der Waals surface area contributed by atoms with E-state index >= 15 is 0 Å². The molecule has 3 heterocycles. The molecule has 2 N–H and O–H groups in total. The maximum Gasteiger partial charge on any atom is 0.274 e. The van der Waals surface area contributed by atoms with Crippen molar-refractivity contribution in [3.8, 4) is 0 Å². The van der Waals surface area contributed by atoms with Gasteiger partial charge in [-0.25, -0.2) is 4.98 Å². The molecule has 0 fully saturated rings. The lowest BCUT2D eigenvalue weighted by atomic mass is 10.2. The quantitative estimate of drug-likeness (QED) is 0.828. The Balaban J connectivity index is 1.59. The van der Waals surface area contributed by atoms with E-state index in [2.05, 4.69) is 20.4 Å². The molecular formula is C19H19N5O2S. The molecule has 27 heavy (non-hydrogen) atoms. The van der Waals surface area contributed by atoms with Crippen molar-refractivity contribution >= 4 is 23.1 Å². The van der Waals surface area contributed by atoms with Gasteiger partial charge in [0.2, 0.25) is 0 Å². The largest absolute Gasteiger partial charge is 0.495 e. The van der Waals surface area contributed by atoms with Crippen LogP contribution in [0.25, 0.3) is 11.4 Å². The SMILES string of the molecule is COC1=CCC=CC=C1NCc1cc(=O)n2[nH]c(C3=CC=CSC3)nc2n1. The summed E-state index contributed by atoms with van der Waals surface area (Å²) in [4.78, 5) is 21.4. The third-order valence-corrected chi connectivity index (χ3v) is 5.01. The zero-order valence-electron chi connectivity index (χ0n) is 14.8. The van der Waals surface area contributed by atoms with Crippen molar-refractivity contribution in [1.82, 2.24) is 24.9 Å². The molecular weight excluding hydrogens is 362 g/mol. The zero-order valence-corrected chi connectivity index (χ0v) is 15.6. The van der Waals surface area contributed by atoms with Gasteiger partial charge in [-0.15, -0.1) is 11.8 Å². The van der Waals surface area contributed by atoms with Crippen LogP contribution >= 0.6 is 11.8 Å². The van der Waals surface area contributed by atoms with E-state index in [0.717, 1.165) is 29.2 Å². The molecule has 7 nitrogen and oxygen atoms in total. The summed E-state index contributed by atoms with van der Waals surface area (Å²) in [6, 6.07) is 1.51. The van der Waals surface area contributed by atoms with Gasteiger partial charge in [0.05, 0.1) is 25.0 Å². The van der Waals surface area contributed by atoms with Crippen molar-refractivity contribution in [2.45, 2.75) is 13.0 Å². The fourth-order valence-corrected chi connectivity index (χ4v) is 3.54. The average molecular weight is 381 g/mol. The molecule has 2 aromatic rings. The first-order valence-corrected chi connectivity index (χ1v) is 9.61. The molecule has 1 aliphatic carbocycles. The van der Waals surface area contributed by atoms with E-state index in [1.165, 1.54) is 10.6 Å². The minimum Gasteiger partial charge on any atom is -0.495 e. The minimum atomic E-state index is -0.188. The van der Waals surface area contributed by atoms with E-state index in [-0.39, 0.29) is 5.56 Å². The Morgan fingerprint density at radius 2 is 2.26 bits per heavy atom. The van der Waals surface area contributed by atoms with Crippen LogP contribution in [0.3, 0.4) is 0 Å². The highest BCUT2D eigenvalue weighted by Gasteiger charge is 2.13. The first-order valence-electron chi connectivity index (χ1n) is 8.56. The average Bonchev–Trinajstić information content (AvgIpc) is 3.00. The van der Waals surface area contributed by atoms with Gasteiger partial charge in [-0.1, -0.05) is 24.3 Å². The van der Waals surface area contributed by atoms with Crippen LogP contribution < -0.4 is 10.9 Å². The first kappa shape index (κ1) is 17.4. The molecule has 0 spiro atoms. The fourth-order valence-electron chi connectivity index (χ4n) is 2.84. The number of aromatic amines is 1. The van der Waals surface area contributed by atoms with Crippen LogP contribution in [0.1, 0.15) is 17.9 Å². The maximum atomic E-state index is 12.4. The number of hydrogen-bond acceptors (Lipinski definition) is 6. The van der Waals surface area contributed by atoms with Gasteiger partial charge < -0.3 is 10.1 Å². The third-order valence-electron chi connectivity index (χ3n) is 4.18. The minimum absolute atomic E-state index is 0.188. The summed E-state index contributed by atoms with van der Waals surface area (Å²) in [5.74, 6) is 2.62. The predicted molar refractivity (Wildman–Crippen MR) is 107 cm³/mol. The number of hydrogen-bond donors (Lipinski definition) is 2. The van der Waals surface area contributed by atoms with Crippen molar-refractivity contribution in [3.63, 3.8) is 0 Å². The summed E-state index contributed by atoms with van der Waals surface area (Å²) in [7, 11) is 1.64. The normalized spacial score (nSPS) is 16.6. The van der Waals surface area contributed by atoms with Crippen LogP contribution in [0.15, 0.2) is 64.2 Å². The van der Waals surface area contributed by atoms with Gasteiger partial charge in [0.15, 0.2) is 5.82 Å². The smallest absolute Gasteiger partial charge is 0.274 e. The van der Waals surface area contributed by atoms with Crippen LogP contribution in [0.5, 0.6) is 0 Å². The maximum absolute atomic E-state index is 12.4. The van der Waals surface area contributed by atoms with E-state index in [0.29, 0.717) is 23.8 Å². The van der Waals surface area contributed by atoms with Crippen LogP contribution in [0.4, 0.5) is 0 Å². The lowest BCUT2D eigenvalue weighted by Crippen LogP contribution is -2.21. The summed E-state index contributed by atoms with van der Waals surface area (Å²) in [6.07, 6.45) is 12.7. The second-order valence-electron chi connectivity index (χ2n) is 6.00.